The van der Waals surface area contributed by atoms with Gasteiger partial charge in [0.2, 0.25) is 11.8 Å². The molecule has 0 aliphatic carbocycles. The van der Waals surface area contributed by atoms with E-state index in [0.29, 0.717) is 13.1 Å². The number of hydrogen-bond acceptors (Lipinski definition) is 4. The van der Waals surface area contributed by atoms with Crippen molar-refractivity contribution < 1.29 is 9.59 Å². The Kier molecular flexibility index (Phi) is 6.61. The van der Waals surface area contributed by atoms with Crippen LogP contribution in [-0.2, 0) is 16.1 Å². The SMILES string of the molecule is Cc1ncsc1-c1ccc(CNC(=O)[C@H]2N(C(=O)[C@@H](C)C(C)(C)C)CCC2(C)C)cc1. The molecule has 31 heavy (non-hydrogen) atoms. The second kappa shape index (κ2) is 8.73. The van der Waals surface area contributed by atoms with Gasteiger partial charge >= 0.3 is 0 Å². The maximum atomic E-state index is 13.2. The summed E-state index contributed by atoms with van der Waals surface area (Å²) >= 11 is 1.63. The molecule has 0 spiro atoms. The van der Waals surface area contributed by atoms with E-state index in [2.05, 4.69) is 57.1 Å². The van der Waals surface area contributed by atoms with Crippen molar-refractivity contribution in [3.8, 4) is 10.4 Å². The molecule has 1 aromatic heterocycles. The number of rotatable bonds is 5. The first-order valence-corrected chi connectivity index (χ1v) is 11.9. The zero-order valence-electron chi connectivity index (χ0n) is 19.8. The van der Waals surface area contributed by atoms with Crippen LogP contribution in [0.2, 0.25) is 0 Å². The Labute approximate surface area is 190 Å². The monoisotopic (exact) mass is 441 g/mol. The fourth-order valence-electron chi connectivity index (χ4n) is 4.09. The van der Waals surface area contributed by atoms with Crippen molar-refractivity contribution in [2.24, 2.45) is 16.7 Å². The second-order valence-corrected chi connectivity index (χ2v) is 11.3. The first-order chi connectivity index (χ1) is 14.4. The van der Waals surface area contributed by atoms with Gasteiger partial charge in [0.05, 0.1) is 16.1 Å². The highest BCUT2D eigenvalue weighted by Crippen LogP contribution is 2.39. The van der Waals surface area contributed by atoms with Crippen LogP contribution in [0.3, 0.4) is 0 Å². The Bertz CT molecular complexity index is 940. The van der Waals surface area contributed by atoms with E-state index in [1.165, 1.54) is 4.88 Å². The molecule has 2 amide bonds. The van der Waals surface area contributed by atoms with Gasteiger partial charge in [-0.25, -0.2) is 4.98 Å². The van der Waals surface area contributed by atoms with Crippen LogP contribution < -0.4 is 5.32 Å². The van der Waals surface area contributed by atoms with Crippen LogP contribution in [0.25, 0.3) is 10.4 Å². The molecule has 2 heterocycles. The Morgan fingerprint density at radius 2 is 1.90 bits per heavy atom. The van der Waals surface area contributed by atoms with E-state index in [0.717, 1.165) is 23.2 Å². The highest BCUT2D eigenvalue weighted by atomic mass is 32.1. The third kappa shape index (κ3) is 5.00. The highest BCUT2D eigenvalue weighted by Gasteiger charge is 2.48. The van der Waals surface area contributed by atoms with Crippen molar-refractivity contribution in [1.29, 1.82) is 0 Å². The normalized spacial score (nSPS) is 19.3. The molecule has 1 aliphatic heterocycles. The second-order valence-electron chi connectivity index (χ2n) is 10.4. The summed E-state index contributed by atoms with van der Waals surface area (Å²) in [5.41, 5.74) is 4.68. The standard InChI is InChI=1S/C25H35N3O2S/c1-16(24(3,4)5)23(30)28-13-12-25(6,7)21(28)22(29)26-14-18-8-10-19(11-9-18)20-17(2)27-15-31-20/h8-11,15-16,21H,12-14H2,1-7H3,(H,26,29)/t16-,21-/m1/s1. The molecule has 0 bridgehead atoms. The number of carbonyl (C=O) groups excluding carboxylic acids is 2. The number of aromatic nitrogens is 1. The molecule has 1 fully saturated rings. The first-order valence-electron chi connectivity index (χ1n) is 11.0. The highest BCUT2D eigenvalue weighted by molar-refractivity contribution is 7.13. The third-order valence-electron chi connectivity index (χ3n) is 6.68. The molecule has 5 nitrogen and oxygen atoms in total. The van der Waals surface area contributed by atoms with Crippen LogP contribution in [-0.4, -0.2) is 34.3 Å². The zero-order valence-corrected chi connectivity index (χ0v) is 20.6. The van der Waals surface area contributed by atoms with Crippen LogP contribution in [0.4, 0.5) is 0 Å². The lowest BCUT2D eigenvalue weighted by Gasteiger charge is -2.36. The average molecular weight is 442 g/mol. The molecule has 0 unspecified atom stereocenters. The van der Waals surface area contributed by atoms with Crippen LogP contribution >= 0.6 is 11.3 Å². The number of amides is 2. The zero-order chi connectivity index (χ0) is 23.0. The predicted octanol–water partition coefficient (Wildman–Crippen LogP) is 5.04. The minimum absolute atomic E-state index is 0.0701. The molecule has 1 aliphatic rings. The number of hydrogen-bond donors (Lipinski definition) is 1. The molecule has 1 aromatic carbocycles. The number of nitrogens with zero attached hydrogens (tertiary/aromatic N) is 2. The number of carbonyl (C=O) groups is 2. The van der Waals surface area contributed by atoms with E-state index in [1.54, 1.807) is 16.2 Å². The molecule has 168 valence electrons. The molecule has 1 N–H and O–H groups in total. The van der Waals surface area contributed by atoms with E-state index in [4.69, 9.17) is 0 Å². The van der Waals surface area contributed by atoms with Gasteiger partial charge in [0, 0.05) is 19.0 Å². The smallest absolute Gasteiger partial charge is 0.243 e. The Morgan fingerprint density at radius 3 is 2.45 bits per heavy atom. The minimum atomic E-state index is -0.441. The summed E-state index contributed by atoms with van der Waals surface area (Å²) < 4.78 is 0. The largest absolute Gasteiger partial charge is 0.350 e. The van der Waals surface area contributed by atoms with Gasteiger partial charge < -0.3 is 10.2 Å². The Morgan fingerprint density at radius 1 is 1.26 bits per heavy atom. The number of aryl methyl sites for hydroxylation is 1. The van der Waals surface area contributed by atoms with Crippen molar-refractivity contribution in [3.63, 3.8) is 0 Å². The van der Waals surface area contributed by atoms with Crippen LogP contribution in [0.1, 0.15) is 59.2 Å². The summed E-state index contributed by atoms with van der Waals surface area (Å²) in [6, 6.07) is 7.78. The van der Waals surface area contributed by atoms with Crippen molar-refractivity contribution >= 4 is 23.2 Å². The number of benzene rings is 1. The van der Waals surface area contributed by atoms with E-state index in [-0.39, 0.29) is 28.6 Å². The van der Waals surface area contributed by atoms with Gasteiger partial charge in [-0.05, 0) is 35.3 Å². The summed E-state index contributed by atoms with van der Waals surface area (Å²) in [7, 11) is 0. The molecule has 1 saturated heterocycles. The Balaban J connectivity index is 1.69. The molecule has 3 rings (SSSR count). The van der Waals surface area contributed by atoms with Gasteiger partial charge in [0.15, 0.2) is 0 Å². The molecule has 6 heteroatoms. The quantitative estimate of drug-likeness (QED) is 0.707. The first kappa shape index (κ1) is 23.5. The molecular formula is C25H35N3O2S. The molecule has 0 saturated carbocycles. The molecule has 2 atom stereocenters. The maximum absolute atomic E-state index is 13.2. The lowest BCUT2D eigenvalue weighted by atomic mass is 9.80. The molecular weight excluding hydrogens is 406 g/mol. The summed E-state index contributed by atoms with van der Waals surface area (Å²) in [5, 5.41) is 3.08. The van der Waals surface area contributed by atoms with Crippen molar-refractivity contribution in [3.05, 3.63) is 41.0 Å². The van der Waals surface area contributed by atoms with Gasteiger partial charge in [-0.15, -0.1) is 11.3 Å². The number of likely N-dealkylation sites (tertiary alicyclic amines) is 1. The van der Waals surface area contributed by atoms with Crippen molar-refractivity contribution in [2.75, 3.05) is 6.54 Å². The van der Waals surface area contributed by atoms with Gasteiger partial charge in [0.25, 0.3) is 0 Å². The van der Waals surface area contributed by atoms with Gasteiger partial charge in [-0.2, -0.15) is 0 Å². The van der Waals surface area contributed by atoms with Gasteiger partial charge in [0.1, 0.15) is 6.04 Å². The van der Waals surface area contributed by atoms with Crippen LogP contribution in [0, 0.1) is 23.7 Å². The third-order valence-corrected chi connectivity index (χ3v) is 7.66. The fourth-order valence-corrected chi connectivity index (χ4v) is 4.90. The Hall–Kier alpha value is -2.21. The van der Waals surface area contributed by atoms with Crippen molar-refractivity contribution in [1.82, 2.24) is 15.2 Å². The van der Waals surface area contributed by atoms with Crippen LogP contribution in [0.5, 0.6) is 0 Å². The fraction of sp³-hybridized carbons (Fsp3) is 0.560. The summed E-state index contributed by atoms with van der Waals surface area (Å²) in [4.78, 5) is 33.7. The lowest BCUT2D eigenvalue weighted by molar-refractivity contribution is -0.145. The average Bonchev–Trinajstić information content (AvgIpc) is 3.27. The summed E-state index contributed by atoms with van der Waals surface area (Å²) in [5.74, 6) is -0.138. The predicted molar refractivity (Wildman–Crippen MR) is 127 cm³/mol. The number of nitrogens with one attached hydrogen (secondary N) is 1. The topological polar surface area (TPSA) is 62.3 Å². The van der Waals surface area contributed by atoms with Gasteiger partial charge in [-0.1, -0.05) is 65.8 Å². The van der Waals surface area contributed by atoms with E-state index in [1.807, 2.05) is 31.5 Å². The van der Waals surface area contributed by atoms with Crippen LogP contribution in [0.15, 0.2) is 29.8 Å². The maximum Gasteiger partial charge on any atom is 0.243 e. The number of thiazole rings is 1. The van der Waals surface area contributed by atoms with Crippen molar-refractivity contribution in [2.45, 2.75) is 67.5 Å². The molecule has 2 aromatic rings. The van der Waals surface area contributed by atoms with E-state index >= 15 is 0 Å². The van der Waals surface area contributed by atoms with E-state index < -0.39 is 6.04 Å². The minimum Gasteiger partial charge on any atom is -0.350 e. The molecule has 0 radical (unpaired) electrons. The summed E-state index contributed by atoms with van der Waals surface area (Å²) in [6.45, 7) is 15.4. The summed E-state index contributed by atoms with van der Waals surface area (Å²) in [6.07, 6.45) is 0.830. The lowest BCUT2D eigenvalue weighted by Crippen LogP contribution is -2.53. The van der Waals surface area contributed by atoms with Gasteiger partial charge in [-0.3, -0.25) is 9.59 Å². The van der Waals surface area contributed by atoms with E-state index in [9.17, 15) is 9.59 Å².